The summed E-state index contributed by atoms with van der Waals surface area (Å²) in [5.41, 5.74) is 6.26. The number of aromatic hydroxyl groups is 1. The quantitative estimate of drug-likeness (QED) is 0.264. The van der Waals surface area contributed by atoms with Crippen molar-refractivity contribution < 1.29 is 28.9 Å². The first-order valence-corrected chi connectivity index (χ1v) is 9.07. The lowest BCUT2D eigenvalue weighted by atomic mass is 10.0. The van der Waals surface area contributed by atoms with E-state index in [0.29, 0.717) is 17.5 Å². The Morgan fingerprint density at radius 1 is 1.13 bits per heavy atom. The number of carbonyl (C=O) groups is 2. The Balaban J connectivity index is 2.07. The number of carbonyl (C=O) groups excluding carboxylic acids is 2. The van der Waals surface area contributed by atoms with Gasteiger partial charge in [-0.1, -0.05) is 18.2 Å². The lowest BCUT2D eigenvalue weighted by molar-refractivity contribution is 0.0597. The first-order valence-electron chi connectivity index (χ1n) is 9.07. The molecule has 0 aliphatic rings. The number of halogens is 1. The summed E-state index contributed by atoms with van der Waals surface area (Å²) in [5, 5.41) is 19.8. The number of phenolic OH excluding ortho intramolecular Hbond substituents is 1. The van der Waals surface area contributed by atoms with E-state index in [1.54, 1.807) is 24.3 Å². The highest BCUT2D eigenvalue weighted by Gasteiger charge is 2.22. The number of nitrogens with zero attached hydrogens (tertiary/aromatic N) is 1. The summed E-state index contributed by atoms with van der Waals surface area (Å²) >= 11 is 0. The largest absolute Gasteiger partial charge is 0.505 e. The number of hydrogen-bond acceptors (Lipinski definition) is 7. The van der Waals surface area contributed by atoms with Crippen molar-refractivity contribution in [1.29, 1.82) is 0 Å². The highest BCUT2D eigenvalue weighted by molar-refractivity contribution is 6.11. The second-order valence-corrected chi connectivity index (χ2v) is 6.42. The van der Waals surface area contributed by atoms with Gasteiger partial charge in [-0.2, -0.15) is 0 Å². The standard InChI is InChI=1S/C21H20FN3O5/c1-30-21(29)17-11-16(20(28)25-23-8-9-26)15-7-6-14(24-18(15)19(17)27)10-12-2-4-13(22)5-3-12/h2-7,11,23,26-27H,8-10H2,1H3,(H,25,28). The Kier molecular flexibility index (Phi) is 6.55. The van der Waals surface area contributed by atoms with E-state index >= 15 is 0 Å². The van der Waals surface area contributed by atoms with Crippen LogP contribution >= 0.6 is 0 Å². The van der Waals surface area contributed by atoms with Crippen molar-refractivity contribution in [1.82, 2.24) is 15.8 Å². The molecule has 1 amide bonds. The van der Waals surface area contributed by atoms with Gasteiger partial charge in [-0.15, -0.1) is 0 Å². The van der Waals surface area contributed by atoms with Gasteiger partial charge in [0.1, 0.15) is 16.9 Å². The van der Waals surface area contributed by atoms with Gasteiger partial charge in [0.25, 0.3) is 5.91 Å². The van der Waals surface area contributed by atoms with Gasteiger partial charge in [0, 0.05) is 24.0 Å². The second-order valence-electron chi connectivity index (χ2n) is 6.42. The molecule has 0 atom stereocenters. The minimum Gasteiger partial charge on any atom is -0.505 e. The molecule has 30 heavy (non-hydrogen) atoms. The molecule has 3 aromatic rings. The molecule has 0 bridgehead atoms. The zero-order chi connectivity index (χ0) is 21.7. The van der Waals surface area contributed by atoms with Crippen molar-refractivity contribution in [2.45, 2.75) is 6.42 Å². The van der Waals surface area contributed by atoms with E-state index in [0.717, 1.165) is 12.7 Å². The number of aliphatic hydroxyl groups is 1. The first-order chi connectivity index (χ1) is 14.4. The van der Waals surface area contributed by atoms with Gasteiger partial charge >= 0.3 is 5.97 Å². The van der Waals surface area contributed by atoms with E-state index in [-0.39, 0.29) is 35.6 Å². The number of hydrogen-bond donors (Lipinski definition) is 4. The van der Waals surface area contributed by atoms with Gasteiger partial charge in [0.05, 0.1) is 19.3 Å². The van der Waals surface area contributed by atoms with Gasteiger partial charge in [0.15, 0.2) is 5.75 Å². The molecule has 9 heteroatoms. The molecular weight excluding hydrogens is 393 g/mol. The van der Waals surface area contributed by atoms with Crippen LogP contribution in [0.3, 0.4) is 0 Å². The van der Waals surface area contributed by atoms with Crippen LogP contribution < -0.4 is 10.9 Å². The second kappa shape index (κ2) is 9.29. The number of fused-ring (bicyclic) bond motifs is 1. The number of pyridine rings is 1. The number of aliphatic hydroxyl groups excluding tert-OH is 1. The zero-order valence-electron chi connectivity index (χ0n) is 16.1. The summed E-state index contributed by atoms with van der Waals surface area (Å²) in [7, 11) is 1.16. The van der Waals surface area contributed by atoms with E-state index in [1.165, 1.54) is 18.2 Å². The molecule has 0 radical (unpaired) electrons. The lowest BCUT2D eigenvalue weighted by Gasteiger charge is -2.13. The predicted octanol–water partition coefficient (Wildman–Crippen LogP) is 1.68. The number of esters is 1. The third-order valence-electron chi connectivity index (χ3n) is 4.40. The molecule has 0 spiro atoms. The van der Waals surface area contributed by atoms with Crippen molar-refractivity contribution in [3.63, 3.8) is 0 Å². The predicted molar refractivity (Wildman–Crippen MR) is 107 cm³/mol. The van der Waals surface area contributed by atoms with Crippen molar-refractivity contribution in [3.05, 3.63) is 70.7 Å². The Morgan fingerprint density at radius 3 is 2.53 bits per heavy atom. The summed E-state index contributed by atoms with van der Waals surface area (Å²) in [6.45, 7) is -0.0516. The van der Waals surface area contributed by atoms with Crippen molar-refractivity contribution in [3.8, 4) is 5.75 Å². The van der Waals surface area contributed by atoms with Gasteiger partial charge in [-0.05, 0) is 29.8 Å². The fraction of sp³-hybridized carbons (Fsp3) is 0.190. The van der Waals surface area contributed by atoms with Crippen LogP contribution in [0.15, 0.2) is 42.5 Å². The molecule has 2 aromatic carbocycles. The third kappa shape index (κ3) is 4.53. The summed E-state index contributed by atoms with van der Waals surface area (Å²) in [6, 6.07) is 10.4. The van der Waals surface area contributed by atoms with Crippen LogP contribution in [-0.2, 0) is 11.2 Å². The van der Waals surface area contributed by atoms with Crippen LogP contribution in [0.25, 0.3) is 10.9 Å². The van der Waals surface area contributed by atoms with Gasteiger partial charge in [-0.3, -0.25) is 10.2 Å². The maximum absolute atomic E-state index is 13.1. The monoisotopic (exact) mass is 413 g/mol. The molecule has 1 heterocycles. The molecule has 4 N–H and O–H groups in total. The maximum Gasteiger partial charge on any atom is 0.341 e. The molecule has 0 saturated heterocycles. The molecule has 8 nitrogen and oxygen atoms in total. The van der Waals surface area contributed by atoms with Crippen LogP contribution in [0.4, 0.5) is 4.39 Å². The van der Waals surface area contributed by atoms with Gasteiger partial charge in [-0.25, -0.2) is 19.6 Å². The number of benzene rings is 2. The van der Waals surface area contributed by atoms with Crippen LogP contribution in [0.2, 0.25) is 0 Å². The highest BCUT2D eigenvalue weighted by atomic mass is 19.1. The number of hydrazine groups is 1. The minimum atomic E-state index is -0.822. The summed E-state index contributed by atoms with van der Waals surface area (Å²) in [5.74, 6) is -2.15. The van der Waals surface area contributed by atoms with Crippen molar-refractivity contribution >= 4 is 22.8 Å². The minimum absolute atomic E-state index is 0.0600. The number of phenols is 1. The Hall–Kier alpha value is -3.56. The molecule has 3 rings (SSSR count). The third-order valence-corrected chi connectivity index (χ3v) is 4.40. The smallest absolute Gasteiger partial charge is 0.341 e. The van der Waals surface area contributed by atoms with E-state index in [9.17, 15) is 19.1 Å². The number of rotatable bonds is 7. The van der Waals surface area contributed by atoms with E-state index in [4.69, 9.17) is 9.84 Å². The van der Waals surface area contributed by atoms with E-state index in [1.807, 2.05) is 0 Å². The summed E-state index contributed by atoms with van der Waals surface area (Å²) < 4.78 is 17.8. The van der Waals surface area contributed by atoms with Crippen molar-refractivity contribution in [2.24, 2.45) is 0 Å². The highest BCUT2D eigenvalue weighted by Crippen LogP contribution is 2.31. The molecular formula is C21H20FN3O5. The topological polar surface area (TPSA) is 121 Å². The molecule has 0 aliphatic heterocycles. The Labute approximate surface area is 171 Å². The fourth-order valence-corrected chi connectivity index (χ4v) is 2.94. The fourth-order valence-electron chi connectivity index (χ4n) is 2.94. The molecule has 156 valence electrons. The number of amides is 1. The summed E-state index contributed by atoms with van der Waals surface area (Å²) in [4.78, 5) is 29.1. The number of aromatic nitrogens is 1. The average molecular weight is 413 g/mol. The van der Waals surface area contributed by atoms with Crippen molar-refractivity contribution in [2.75, 3.05) is 20.3 Å². The Morgan fingerprint density at radius 2 is 1.87 bits per heavy atom. The van der Waals surface area contributed by atoms with Crippen LogP contribution in [0.1, 0.15) is 32.0 Å². The molecule has 0 fully saturated rings. The van der Waals surface area contributed by atoms with Crippen LogP contribution in [0, 0.1) is 5.82 Å². The normalized spacial score (nSPS) is 10.8. The molecule has 1 aromatic heterocycles. The summed E-state index contributed by atoms with van der Waals surface area (Å²) in [6.07, 6.45) is 0.359. The number of ether oxygens (including phenoxy) is 1. The van der Waals surface area contributed by atoms with Crippen LogP contribution in [0.5, 0.6) is 5.75 Å². The lowest BCUT2D eigenvalue weighted by Crippen LogP contribution is -2.39. The van der Waals surface area contributed by atoms with Gasteiger partial charge < -0.3 is 14.9 Å². The molecule has 0 saturated carbocycles. The first kappa shape index (κ1) is 21.2. The zero-order valence-corrected chi connectivity index (χ0v) is 16.1. The van der Waals surface area contributed by atoms with E-state index in [2.05, 4.69) is 15.8 Å². The molecule has 0 unspecified atom stereocenters. The van der Waals surface area contributed by atoms with Crippen LogP contribution in [-0.4, -0.2) is 47.3 Å². The Bertz CT molecular complexity index is 1090. The average Bonchev–Trinajstić information content (AvgIpc) is 2.75. The molecule has 0 aliphatic carbocycles. The maximum atomic E-state index is 13.1. The number of nitrogens with one attached hydrogen (secondary N) is 2. The van der Waals surface area contributed by atoms with Gasteiger partial charge in [0.2, 0.25) is 0 Å². The number of methoxy groups -OCH3 is 1. The SMILES string of the molecule is COC(=O)c1cc(C(=O)NNCCO)c2ccc(Cc3ccc(F)cc3)nc2c1O. The van der Waals surface area contributed by atoms with E-state index < -0.39 is 17.6 Å².